The minimum absolute atomic E-state index is 0.0865. The lowest BCUT2D eigenvalue weighted by atomic mass is 9.94. The molecule has 4 rings (SSSR count). The number of ether oxygens (including phenoxy) is 3. The van der Waals surface area contributed by atoms with Crippen LogP contribution >= 0.6 is 11.3 Å². The second-order valence-electron chi connectivity index (χ2n) is 9.08. The highest BCUT2D eigenvalue weighted by atomic mass is 32.1. The average Bonchev–Trinajstić information content (AvgIpc) is 3.44. The Morgan fingerprint density at radius 3 is 2.41 bits per heavy atom. The second kappa shape index (κ2) is 12.6. The number of hydrogen-bond acceptors (Lipinski definition) is 6. The summed E-state index contributed by atoms with van der Waals surface area (Å²) in [4.78, 5) is 30.5. The number of anilines is 1. The Kier molecular flexibility index (Phi) is 9.06. The van der Waals surface area contributed by atoms with Crippen molar-refractivity contribution in [3.63, 3.8) is 0 Å². The minimum atomic E-state index is -0.915. The van der Waals surface area contributed by atoms with Crippen LogP contribution in [-0.2, 0) is 16.0 Å². The summed E-state index contributed by atoms with van der Waals surface area (Å²) in [6.45, 7) is 0. The highest BCUT2D eigenvalue weighted by Crippen LogP contribution is 2.36. The van der Waals surface area contributed by atoms with Crippen LogP contribution in [0.4, 0.5) is 5.69 Å². The summed E-state index contributed by atoms with van der Waals surface area (Å²) in [6.07, 6.45) is 5.40. The van der Waals surface area contributed by atoms with Crippen LogP contribution in [0, 0.1) is 0 Å². The molecule has 1 N–H and O–H groups in total. The van der Waals surface area contributed by atoms with Crippen molar-refractivity contribution in [1.82, 2.24) is 5.32 Å². The zero-order valence-corrected chi connectivity index (χ0v) is 22.4. The van der Waals surface area contributed by atoms with E-state index < -0.39 is 6.04 Å². The van der Waals surface area contributed by atoms with Crippen molar-refractivity contribution in [2.45, 2.75) is 50.6 Å². The summed E-state index contributed by atoms with van der Waals surface area (Å²) >= 11 is 1.52. The van der Waals surface area contributed by atoms with Gasteiger partial charge in [-0.2, -0.15) is 0 Å². The van der Waals surface area contributed by atoms with E-state index in [1.807, 2.05) is 41.8 Å². The van der Waals surface area contributed by atoms with E-state index in [9.17, 15) is 9.59 Å². The van der Waals surface area contributed by atoms with Crippen LogP contribution in [0.3, 0.4) is 0 Å². The monoisotopic (exact) mass is 522 g/mol. The van der Waals surface area contributed by atoms with Gasteiger partial charge in [0.15, 0.2) is 11.5 Å². The third-order valence-electron chi connectivity index (χ3n) is 6.69. The van der Waals surface area contributed by atoms with E-state index >= 15 is 0 Å². The fourth-order valence-corrected chi connectivity index (χ4v) is 5.51. The van der Waals surface area contributed by atoms with E-state index in [4.69, 9.17) is 14.2 Å². The molecule has 7 nitrogen and oxygen atoms in total. The Bertz CT molecular complexity index is 1190. The van der Waals surface area contributed by atoms with E-state index in [2.05, 4.69) is 5.32 Å². The summed E-state index contributed by atoms with van der Waals surface area (Å²) in [6, 6.07) is 15.6. The van der Waals surface area contributed by atoms with Crippen LogP contribution in [0.1, 0.15) is 48.6 Å². The first kappa shape index (κ1) is 26.5. The summed E-state index contributed by atoms with van der Waals surface area (Å²) in [5.41, 5.74) is 1.22. The van der Waals surface area contributed by atoms with Gasteiger partial charge in [-0.25, -0.2) is 0 Å². The molecule has 1 heterocycles. The zero-order valence-electron chi connectivity index (χ0n) is 21.6. The lowest BCUT2D eigenvalue weighted by Crippen LogP contribution is -2.47. The third kappa shape index (κ3) is 6.43. The zero-order chi connectivity index (χ0) is 26.2. The van der Waals surface area contributed by atoms with E-state index in [-0.39, 0.29) is 24.3 Å². The Balaban J connectivity index is 1.81. The van der Waals surface area contributed by atoms with Crippen molar-refractivity contribution in [3.8, 4) is 17.2 Å². The SMILES string of the molecule is COc1cccc(N(C(=O)Cc2cccs2)[C@@H](C(=O)NC2CCCCC2)c2ccc(OC)c(OC)c2)c1. The molecular weight excluding hydrogens is 488 g/mol. The molecule has 1 aliphatic rings. The predicted octanol–water partition coefficient (Wildman–Crippen LogP) is 5.54. The van der Waals surface area contributed by atoms with Gasteiger partial charge in [-0.1, -0.05) is 37.5 Å². The first-order valence-corrected chi connectivity index (χ1v) is 13.4. The molecule has 0 unspecified atom stereocenters. The lowest BCUT2D eigenvalue weighted by Gasteiger charge is -2.34. The van der Waals surface area contributed by atoms with Crippen LogP contribution in [-0.4, -0.2) is 39.2 Å². The topological polar surface area (TPSA) is 77.1 Å². The third-order valence-corrected chi connectivity index (χ3v) is 7.56. The minimum Gasteiger partial charge on any atom is -0.497 e. The van der Waals surface area contributed by atoms with Gasteiger partial charge in [0.05, 0.1) is 27.8 Å². The maximum absolute atomic E-state index is 14.0. The normalized spacial score (nSPS) is 14.5. The van der Waals surface area contributed by atoms with Crippen molar-refractivity contribution in [1.29, 1.82) is 0 Å². The molecule has 2 aromatic carbocycles. The van der Waals surface area contributed by atoms with Crippen LogP contribution in [0.2, 0.25) is 0 Å². The molecule has 0 radical (unpaired) electrons. The summed E-state index contributed by atoms with van der Waals surface area (Å²) < 4.78 is 16.4. The number of nitrogens with one attached hydrogen (secondary N) is 1. The number of hydrogen-bond donors (Lipinski definition) is 1. The van der Waals surface area contributed by atoms with Gasteiger partial charge in [0.25, 0.3) is 0 Å². The molecule has 0 spiro atoms. The van der Waals surface area contributed by atoms with Gasteiger partial charge in [0.2, 0.25) is 11.8 Å². The first-order valence-electron chi connectivity index (χ1n) is 12.5. The molecule has 37 heavy (non-hydrogen) atoms. The lowest BCUT2D eigenvalue weighted by molar-refractivity contribution is -0.127. The van der Waals surface area contributed by atoms with Gasteiger partial charge >= 0.3 is 0 Å². The van der Waals surface area contributed by atoms with Gasteiger partial charge in [-0.05, 0) is 54.1 Å². The van der Waals surface area contributed by atoms with E-state index in [0.717, 1.165) is 30.6 Å². The van der Waals surface area contributed by atoms with Crippen molar-refractivity contribution in [2.75, 3.05) is 26.2 Å². The van der Waals surface area contributed by atoms with Gasteiger partial charge in [-0.15, -0.1) is 11.3 Å². The summed E-state index contributed by atoms with van der Waals surface area (Å²) in [5.74, 6) is 1.24. The van der Waals surface area contributed by atoms with E-state index in [0.29, 0.717) is 28.5 Å². The quantitative estimate of drug-likeness (QED) is 0.378. The number of amides is 2. The van der Waals surface area contributed by atoms with Crippen molar-refractivity contribution < 1.29 is 23.8 Å². The van der Waals surface area contributed by atoms with Crippen LogP contribution < -0.4 is 24.4 Å². The molecule has 2 amide bonds. The number of carbonyl (C=O) groups excluding carboxylic acids is 2. The van der Waals surface area contributed by atoms with Gasteiger partial charge in [0, 0.05) is 22.7 Å². The molecule has 1 saturated carbocycles. The Morgan fingerprint density at radius 2 is 1.73 bits per heavy atom. The molecule has 0 aliphatic heterocycles. The highest BCUT2D eigenvalue weighted by molar-refractivity contribution is 7.10. The van der Waals surface area contributed by atoms with Gasteiger partial charge < -0.3 is 19.5 Å². The van der Waals surface area contributed by atoms with Crippen molar-refractivity contribution in [3.05, 3.63) is 70.4 Å². The predicted molar refractivity (Wildman–Crippen MR) is 146 cm³/mol. The fourth-order valence-electron chi connectivity index (χ4n) is 4.81. The fraction of sp³-hybridized carbons (Fsp3) is 0.379. The smallest absolute Gasteiger partial charge is 0.248 e. The Hall–Kier alpha value is -3.52. The molecule has 1 atom stereocenters. The maximum atomic E-state index is 14.0. The molecular formula is C29H34N2O5S. The Morgan fingerprint density at radius 1 is 0.946 bits per heavy atom. The van der Waals surface area contributed by atoms with Gasteiger partial charge in [-0.3, -0.25) is 14.5 Å². The number of nitrogens with zero attached hydrogens (tertiary/aromatic N) is 1. The number of benzene rings is 2. The molecule has 8 heteroatoms. The first-order chi connectivity index (χ1) is 18.0. The van der Waals surface area contributed by atoms with E-state index in [1.165, 1.54) is 17.8 Å². The van der Waals surface area contributed by atoms with Gasteiger partial charge in [0.1, 0.15) is 11.8 Å². The number of thiophene rings is 1. The number of methoxy groups -OCH3 is 3. The number of carbonyl (C=O) groups is 2. The van der Waals surface area contributed by atoms with Crippen LogP contribution in [0.25, 0.3) is 0 Å². The largest absolute Gasteiger partial charge is 0.497 e. The molecule has 1 fully saturated rings. The average molecular weight is 523 g/mol. The molecule has 0 bridgehead atoms. The standard InChI is InChI=1S/C29H34N2O5S/c1-34-23-12-7-11-22(18-23)31(27(32)19-24-13-8-16-37-24)28(29(33)30-21-9-5-4-6-10-21)20-14-15-25(35-2)26(17-20)36-3/h7-8,11-18,21,28H,4-6,9-10,19H2,1-3H3,(H,30,33)/t28-/m1/s1. The molecule has 1 aliphatic carbocycles. The number of rotatable bonds is 10. The highest BCUT2D eigenvalue weighted by Gasteiger charge is 2.35. The molecule has 196 valence electrons. The van der Waals surface area contributed by atoms with Crippen LogP contribution in [0.5, 0.6) is 17.2 Å². The maximum Gasteiger partial charge on any atom is 0.248 e. The molecule has 0 saturated heterocycles. The Labute approximate surface area is 222 Å². The van der Waals surface area contributed by atoms with E-state index in [1.54, 1.807) is 44.4 Å². The summed E-state index contributed by atoms with van der Waals surface area (Å²) in [7, 11) is 4.71. The van der Waals surface area contributed by atoms with Crippen molar-refractivity contribution >= 4 is 28.8 Å². The molecule has 3 aromatic rings. The van der Waals surface area contributed by atoms with Crippen molar-refractivity contribution in [2.24, 2.45) is 0 Å². The molecule has 1 aromatic heterocycles. The van der Waals surface area contributed by atoms with Crippen LogP contribution in [0.15, 0.2) is 60.0 Å². The second-order valence-corrected chi connectivity index (χ2v) is 10.1. The summed E-state index contributed by atoms with van der Waals surface area (Å²) in [5, 5.41) is 5.19.